The molecule has 0 bridgehead atoms. The van der Waals surface area contributed by atoms with Crippen molar-refractivity contribution in [2.24, 2.45) is 0 Å². The first kappa shape index (κ1) is 20.3. The van der Waals surface area contributed by atoms with Crippen molar-refractivity contribution in [1.29, 1.82) is 0 Å². The van der Waals surface area contributed by atoms with Crippen molar-refractivity contribution in [2.45, 2.75) is 65.2 Å². The van der Waals surface area contributed by atoms with Gasteiger partial charge >= 0.3 is 0 Å². The molecule has 0 aliphatic heterocycles. The van der Waals surface area contributed by atoms with E-state index in [2.05, 4.69) is 13.8 Å². The number of benzene rings is 2. The predicted molar refractivity (Wildman–Crippen MR) is 109 cm³/mol. The Morgan fingerprint density at radius 1 is 0.769 bits per heavy atom. The molecular formula is C23H32O3. The van der Waals surface area contributed by atoms with Gasteiger partial charge in [-0.25, -0.2) is 0 Å². The van der Waals surface area contributed by atoms with Gasteiger partial charge < -0.3 is 9.47 Å². The second-order valence-corrected chi connectivity index (χ2v) is 6.77. The normalized spacial score (nSPS) is 10.8. The molecule has 26 heavy (non-hydrogen) atoms. The van der Waals surface area contributed by atoms with Crippen LogP contribution in [0.3, 0.4) is 0 Å². The van der Waals surface area contributed by atoms with Crippen LogP contribution in [0.4, 0.5) is 0 Å². The fraction of sp³-hybridized carbons (Fsp3) is 0.522. The first-order valence-electron chi connectivity index (χ1n) is 10.1. The molecule has 0 aliphatic carbocycles. The molecule has 142 valence electrons. The summed E-state index contributed by atoms with van der Waals surface area (Å²) < 4.78 is 12.0. The standard InChI is InChI=1S/C23H32O3/c1-3-5-7-9-16-25-22-13-11-12-21-20(22)15-14-19(18-24)23(21)26-17-10-8-6-4-2/h11-15,18H,3-10,16-17H2,1-2H3. The van der Waals surface area contributed by atoms with E-state index in [1.54, 1.807) is 0 Å². The highest BCUT2D eigenvalue weighted by atomic mass is 16.5. The molecular weight excluding hydrogens is 324 g/mol. The summed E-state index contributed by atoms with van der Waals surface area (Å²) in [5.41, 5.74) is 0.605. The van der Waals surface area contributed by atoms with Crippen LogP contribution in [0.5, 0.6) is 11.5 Å². The first-order chi connectivity index (χ1) is 12.8. The van der Waals surface area contributed by atoms with E-state index in [0.29, 0.717) is 17.9 Å². The van der Waals surface area contributed by atoms with E-state index < -0.39 is 0 Å². The molecule has 2 aromatic carbocycles. The highest BCUT2D eigenvalue weighted by Gasteiger charge is 2.12. The molecule has 2 aromatic rings. The lowest BCUT2D eigenvalue weighted by molar-refractivity contribution is 0.111. The van der Waals surface area contributed by atoms with Crippen LogP contribution in [0.1, 0.15) is 75.6 Å². The van der Waals surface area contributed by atoms with E-state index in [-0.39, 0.29) is 0 Å². The molecule has 0 spiro atoms. The Balaban J connectivity index is 2.13. The van der Waals surface area contributed by atoms with Gasteiger partial charge in [0.05, 0.1) is 18.8 Å². The SMILES string of the molecule is CCCCCCOc1cccc2c(OCCCCCC)c(C=O)ccc12. The van der Waals surface area contributed by atoms with Crippen LogP contribution in [0.2, 0.25) is 0 Å². The fourth-order valence-electron chi connectivity index (χ4n) is 3.11. The van der Waals surface area contributed by atoms with Crippen molar-refractivity contribution in [3.8, 4) is 11.5 Å². The van der Waals surface area contributed by atoms with Crippen molar-refractivity contribution < 1.29 is 14.3 Å². The van der Waals surface area contributed by atoms with Crippen LogP contribution in [0.25, 0.3) is 10.8 Å². The van der Waals surface area contributed by atoms with Gasteiger partial charge in [0, 0.05) is 10.8 Å². The van der Waals surface area contributed by atoms with Gasteiger partial charge in [0.2, 0.25) is 0 Å². The molecule has 0 atom stereocenters. The topological polar surface area (TPSA) is 35.5 Å². The number of aldehydes is 1. The molecule has 0 unspecified atom stereocenters. The van der Waals surface area contributed by atoms with Gasteiger partial charge in [-0.15, -0.1) is 0 Å². The Labute approximate surface area is 157 Å². The van der Waals surface area contributed by atoms with Gasteiger partial charge in [-0.1, -0.05) is 64.5 Å². The summed E-state index contributed by atoms with van der Waals surface area (Å²) in [6.45, 7) is 5.77. The summed E-state index contributed by atoms with van der Waals surface area (Å²) in [5, 5.41) is 1.97. The van der Waals surface area contributed by atoms with E-state index in [9.17, 15) is 4.79 Å². The quantitative estimate of drug-likeness (QED) is 0.301. The summed E-state index contributed by atoms with van der Waals surface area (Å²) in [6, 6.07) is 9.77. The number of ether oxygens (including phenoxy) is 2. The van der Waals surface area contributed by atoms with Crippen molar-refractivity contribution >= 4 is 17.1 Å². The molecule has 0 saturated carbocycles. The number of fused-ring (bicyclic) bond motifs is 1. The minimum atomic E-state index is 0.605. The zero-order valence-corrected chi connectivity index (χ0v) is 16.3. The van der Waals surface area contributed by atoms with E-state index >= 15 is 0 Å². The smallest absolute Gasteiger partial charge is 0.153 e. The van der Waals surface area contributed by atoms with Crippen molar-refractivity contribution in [3.05, 3.63) is 35.9 Å². The second-order valence-electron chi connectivity index (χ2n) is 6.77. The van der Waals surface area contributed by atoms with Crippen LogP contribution < -0.4 is 9.47 Å². The van der Waals surface area contributed by atoms with Crippen LogP contribution in [0, 0.1) is 0 Å². The van der Waals surface area contributed by atoms with Crippen LogP contribution in [-0.4, -0.2) is 19.5 Å². The minimum absolute atomic E-state index is 0.605. The van der Waals surface area contributed by atoms with Gasteiger partial charge in [-0.3, -0.25) is 4.79 Å². The molecule has 0 fully saturated rings. The largest absolute Gasteiger partial charge is 0.493 e. The second kappa shape index (κ2) is 11.6. The Kier molecular flexibility index (Phi) is 9.02. The van der Waals surface area contributed by atoms with E-state index in [4.69, 9.17) is 9.47 Å². The first-order valence-corrected chi connectivity index (χ1v) is 10.1. The van der Waals surface area contributed by atoms with Crippen LogP contribution in [-0.2, 0) is 0 Å². The highest BCUT2D eigenvalue weighted by molar-refractivity contribution is 5.99. The molecule has 3 heteroatoms. The summed E-state index contributed by atoms with van der Waals surface area (Å²) in [4.78, 5) is 11.5. The van der Waals surface area contributed by atoms with Crippen LogP contribution >= 0.6 is 0 Å². The Hall–Kier alpha value is -2.03. The number of unbranched alkanes of at least 4 members (excludes halogenated alkanes) is 6. The third-order valence-electron chi connectivity index (χ3n) is 4.63. The molecule has 0 saturated heterocycles. The maximum Gasteiger partial charge on any atom is 0.153 e. The monoisotopic (exact) mass is 356 g/mol. The lowest BCUT2D eigenvalue weighted by Gasteiger charge is -2.14. The summed E-state index contributed by atoms with van der Waals surface area (Å²) >= 11 is 0. The number of rotatable bonds is 13. The average Bonchev–Trinajstić information content (AvgIpc) is 2.67. The lowest BCUT2D eigenvalue weighted by atomic mass is 10.0. The average molecular weight is 357 g/mol. The van der Waals surface area contributed by atoms with Crippen LogP contribution in [0.15, 0.2) is 30.3 Å². The third kappa shape index (κ3) is 5.76. The Bertz CT molecular complexity index is 678. The third-order valence-corrected chi connectivity index (χ3v) is 4.63. The van der Waals surface area contributed by atoms with Gasteiger partial charge in [0.1, 0.15) is 11.5 Å². The lowest BCUT2D eigenvalue weighted by Crippen LogP contribution is -2.02. The number of carbonyl (C=O) groups excluding carboxylic acids is 1. The zero-order valence-electron chi connectivity index (χ0n) is 16.3. The van der Waals surface area contributed by atoms with E-state index in [1.165, 1.54) is 32.1 Å². The molecule has 0 radical (unpaired) electrons. The minimum Gasteiger partial charge on any atom is -0.493 e. The van der Waals surface area contributed by atoms with Crippen molar-refractivity contribution in [2.75, 3.05) is 13.2 Å². The summed E-state index contributed by atoms with van der Waals surface area (Å²) in [5.74, 6) is 1.55. The molecule has 3 nitrogen and oxygen atoms in total. The number of carbonyl (C=O) groups is 1. The maximum absolute atomic E-state index is 11.5. The maximum atomic E-state index is 11.5. The molecule has 0 amide bonds. The van der Waals surface area contributed by atoms with E-state index in [0.717, 1.165) is 48.7 Å². The Morgan fingerprint density at radius 3 is 2.12 bits per heavy atom. The summed E-state index contributed by atoms with van der Waals surface area (Å²) in [7, 11) is 0. The molecule has 0 heterocycles. The van der Waals surface area contributed by atoms with E-state index in [1.807, 2.05) is 30.3 Å². The van der Waals surface area contributed by atoms with Crippen molar-refractivity contribution in [3.63, 3.8) is 0 Å². The zero-order chi connectivity index (χ0) is 18.6. The summed E-state index contributed by atoms with van der Waals surface area (Å²) in [6.07, 6.45) is 10.2. The molecule has 0 aromatic heterocycles. The van der Waals surface area contributed by atoms with Gasteiger partial charge in [-0.05, 0) is 31.0 Å². The Morgan fingerprint density at radius 2 is 1.46 bits per heavy atom. The molecule has 0 N–H and O–H groups in total. The number of hydrogen-bond donors (Lipinski definition) is 0. The molecule has 2 rings (SSSR count). The van der Waals surface area contributed by atoms with Gasteiger partial charge in [0.15, 0.2) is 6.29 Å². The molecule has 0 aliphatic rings. The fourth-order valence-corrected chi connectivity index (χ4v) is 3.11. The van der Waals surface area contributed by atoms with Gasteiger partial charge in [0.25, 0.3) is 0 Å². The van der Waals surface area contributed by atoms with Crippen molar-refractivity contribution in [1.82, 2.24) is 0 Å². The number of hydrogen-bond acceptors (Lipinski definition) is 3. The van der Waals surface area contributed by atoms with Gasteiger partial charge in [-0.2, -0.15) is 0 Å². The highest BCUT2D eigenvalue weighted by Crippen LogP contribution is 2.34. The predicted octanol–water partition coefficient (Wildman–Crippen LogP) is 6.57.